The molecule has 0 saturated heterocycles. The topological polar surface area (TPSA) is 53.8 Å². The molecule has 4 nitrogen and oxygen atoms in total. The Bertz CT molecular complexity index is 447. The van der Waals surface area contributed by atoms with E-state index in [0.717, 1.165) is 21.8 Å². The van der Waals surface area contributed by atoms with Gasteiger partial charge in [0.05, 0.1) is 12.3 Å². The van der Waals surface area contributed by atoms with Gasteiger partial charge in [0.25, 0.3) is 0 Å². The third kappa shape index (κ3) is 1.85. The number of hydrogen-bond donors (Lipinski definition) is 2. The van der Waals surface area contributed by atoms with Crippen molar-refractivity contribution in [3.8, 4) is 11.4 Å². The first-order valence-electron chi connectivity index (χ1n) is 4.69. The third-order valence-electron chi connectivity index (χ3n) is 2.31. The van der Waals surface area contributed by atoms with Gasteiger partial charge in [-0.1, -0.05) is 0 Å². The van der Waals surface area contributed by atoms with Crippen molar-refractivity contribution in [2.24, 2.45) is 7.05 Å². The van der Waals surface area contributed by atoms with Crippen molar-refractivity contribution in [3.63, 3.8) is 0 Å². The van der Waals surface area contributed by atoms with Crippen LogP contribution in [0, 0.1) is 0 Å². The highest BCUT2D eigenvalue weighted by Crippen LogP contribution is 2.26. The highest BCUT2D eigenvalue weighted by Gasteiger charge is 2.13. The average molecular weight is 270 g/mol. The number of nitrogens with zero attached hydrogens (tertiary/aromatic N) is 2. The highest BCUT2D eigenvalue weighted by atomic mass is 79.9. The summed E-state index contributed by atoms with van der Waals surface area (Å²) < 4.78 is 2.86. The lowest BCUT2D eigenvalue weighted by Crippen LogP contribution is -2.00. The Morgan fingerprint density at radius 3 is 3.00 bits per heavy atom. The monoisotopic (exact) mass is 269 g/mol. The summed E-state index contributed by atoms with van der Waals surface area (Å²) in [5.41, 5.74) is 1.85. The number of rotatable bonds is 3. The molecule has 2 N–H and O–H groups in total. The minimum Gasteiger partial charge on any atom is -0.396 e. The summed E-state index contributed by atoms with van der Waals surface area (Å²) in [5.74, 6) is 0.869. The number of halogens is 1. The first-order valence-corrected chi connectivity index (χ1v) is 5.49. The van der Waals surface area contributed by atoms with Crippen molar-refractivity contribution in [2.45, 2.75) is 6.42 Å². The normalized spacial score (nSPS) is 10.9. The van der Waals surface area contributed by atoms with Gasteiger partial charge in [0, 0.05) is 19.7 Å². The molecule has 0 amide bonds. The Labute approximate surface area is 96.1 Å². The molecule has 0 unspecified atom stereocenters. The van der Waals surface area contributed by atoms with Gasteiger partial charge >= 0.3 is 0 Å². The largest absolute Gasteiger partial charge is 0.396 e. The van der Waals surface area contributed by atoms with Crippen LogP contribution >= 0.6 is 15.9 Å². The van der Waals surface area contributed by atoms with Gasteiger partial charge in [0.15, 0.2) is 0 Å². The summed E-state index contributed by atoms with van der Waals surface area (Å²) in [6.45, 7) is 0.113. The van der Waals surface area contributed by atoms with Crippen molar-refractivity contribution in [3.05, 3.63) is 28.8 Å². The molecule has 0 spiro atoms. The van der Waals surface area contributed by atoms with Gasteiger partial charge in [0.2, 0.25) is 0 Å². The lowest BCUT2D eigenvalue weighted by atomic mass is 10.3. The van der Waals surface area contributed by atoms with Crippen LogP contribution in [0.25, 0.3) is 11.4 Å². The molecular weight excluding hydrogens is 258 g/mol. The molecule has 0 aliphatic rings. The molecule has 0 saturated carbocycles. The second-order valence-corrected chi connectivity index (χ2v) is 4.04. The quantitative estimate of drug-likeness (QED) is 0.892. The van der Waals surface area contributed by atoms with Crippen LogP contribution < -0.4 is 0 Å². The van der Waals surface area contributed by atoms with E-state index < -0.39 is 0 Å². The first-order chi connectivity index (χ1) is 7.24. The van der Waals surface area contributed by atoms with Crippen LogP contribution in [0.5, 0.6) is 0 Å². The lowest BCUT2D eigenvalue weighted by Gasteiger charge is -1.98. The molecule has 0 aliphatic carbocycles. The van der Waals surface area contributed by atoms with Gasteiger partial charge < -0.3 is 14.7 Å². The van der Waals surface area contributed by atoms with Crippen LogP contribution in [0.3, 0.4) is 0 Å². The van der Waals surface area contributed by atoms with Gasteiger partial charge in [-0.25, -0.2) is 4.98 Å². The van der Waals surface area contributed by atoms with Crippen LogP contribution in [0.1, 0.15) is 5.82 Å². The van der Waals surface area contributed by atoms with E-state index in [1.807, 2.05) is 29.9 Å². The Morgan fingerprint density at radius 1 is 1.60 bits per heavy atom. The molecular formula is C10H12BrN3O. The van der Waals surface area contributed by atoms with Crippen LogP contribution in [0.2, 0.25) is 0 Å². The Hall–Kier alpha value is -1.07. The molecule has 5 heteroatoms. The molecule has 2 heterocycles. The van der Waals surface area contributed by atoms with Crippen LogP contribution in [0.15, 0.2) is 22.9 Å². The minimum absolute atomic E-state index is 0.113. The second kappa shape index (κ2) is 4.20. The van der Waals surface area contributed by atoms with Crippen LogP contribution in [0.4, 0.5) is 0 Å². The summed E-state index contributed by atoms with van der Waals surface area (Å²) in [7, 11) is 1.93. The zero-order chi connectivity index (χ0) is 10.8. The first kappa shape index (κ1) is 10.4. The number of hydrogen-bond acceptors (Lipinski definition) is 2. The number of aromatic nitrogens is 3. The number of aliphatic hydroxyl groups is 1. The van der Waals surface area contributed by atoms with Gasteiger partial charge in [0.1, 0.15) is 16.1 Å². The Morgan fingerprint density at radius 2 is 2.40 bits per heavy atom. The van der Waals surface area contributed by atoms with Gasteiger partial charge in [-0.05, 0) is 28.1 Å². The molecule has 2 rings (SSSR count). The molecule has 15 heavy (non-hydrogen) atoms. The fourth-order valence-corrected chi connectivity index (χ4v) is 2.00. The number of imidazole rings is 1. The highest BCUT2D eigenvalue weighted by molar-refractivity contribution is 9.10. The lowest BCUT2D eigenvalue weighted by molar-refractivity contribution is 0.295. The van der Waals surface area contributed by atoms with E-state index in [4.69, 9.17) is 5.11 Å². The third-order valence-corrected chi connectivity index (χ3v) is 3.21. The SMILES string of the molecule is Cn1c(CCO)nc(-c2ccc[nH]2)c1Br. The van der Waals surface area contributed by atoms with E-state index in [-0.39, 0.29) is 6.61 Å². The van der Waals surface area contributed by atoms with Crippen LogP contribution in [-0.4, -0.2) is 26.2 Å². The summed E-state index contributed by atoms with van der Waals surface area (Å²) >= 11 is 3.49. The van der Waals surface area contributed by atoms with E-state index in [0.29, 0.717) is 6.42 Å². The molecule has 80 valence electrons. The van der Waals surface area contributed by atoms with Gasteiger partial charge in [-0.15, -0.1) is 0 Å². The molecule has 0 radical (unpaired) electrons. The molecule has 0 aliphatic heterocycles. The molecule has 2 aromatic heterocycles. The number of H-pyrrole nitrogens is 1. The zero-order valence-corrected chi connectivity index (χ0v) is 9.95. The minimum atomic E-state index is 0.113. The van der Waals surface area contributed by atoms with E-state index in [9.17, 15) is 0 Å². The van der Waals surface area contributed by atoms with Crippen molar-refractivity contribution in [1.29, 1.82) is 0 Å². The summed E-state index contributed by atoms with van der Waals surface area (Å²) in [4.78, 5) is 7.57. The van der Waals surface area contributed by atoms with E-state index in [2.05, 4.69) is 25.9 Å². The zero-order valence-electron chi connectivity index (χ0n) is 8.37. The average Bonchev–Trinajstić information content (AvgIpc) is 2.82. The van der Waals surface area contributed by atoms with E-state index in [1.54, 1.807) is 0 Å². The smallest absolute Gasteiger partial charge is 0.119 e. The maximum Gasteiger partial charge on any atom is 0.119 e. The predicted octanol–water partition coefficient (Wildman–Crippen LogP) is 1.71. The summed E-state index contributed by atoms with van der Waals surface area (Å²) in [6.07, 6.45) is 2.43. The standard InChI is InChI=1S/C10H12BrN3O/c1-14-8(4-6-15)13-9(10(14)11)7-3-2-5-12-7/h2-3,5,12,15H,4,6H2,1H3. The number of aliphatic hydroxyl groups excluding tert-OH is 1. The second-order valence-electron chi connectivity index (χ2n) is 3.28. The van der Waals surface area contributed by atoms with Crippen molar-refractivity contribution >= 4 is 15.9 Å². The molecule has 0 fully saturated rings. The Kier molecular flexibility index (Phi) is 2.93. The van der Waals surface area contributed by atoms with Gasteiger partial charge in [-0.2, -0.15) is 0 Å². The summed E-state index contributed by atoms with van der Waals surface area (Å²) in [5, 5.41) is 8.90. The van der Waals surface area contributed by atoms with Crippen LogP contribution in [-0.2, 0) is 13.5 Å². The fourth-order valence-electron chi connectivity index (χ4n) is 1.49. The molecule has 0 bridgehead atoms. The van der Waals surface area contributed by atoms with E-state index >= 15 is 0 Å². The molecule has 0 atom stereocenters. The Balaban J connectivity index is 2.45. The summed E-state index contributed by atoms with van der Waals surface area (Å²) in [6, 6.07) is 3.90. The number of nitrogens with one attached hydrogen (secondary N) is 1. The molecule has 0 aromatic carbocycles. The van der Waals surface area contributed by atoms with E-state index in [1.165, 1.54) is 0 Å². The maximum atomic E-state index is 8.90. The fraction of sp³-hybridized carbons (Fsp3) is 0.300. The maximum absolute atomic E-state index is 8.90. The van der Waals surface area contributed by atoms with Crippen molar-refractivity contribution in [2.75, 3.05) is 6.61 Å². The molecule has 2 aromatic rings. The number of aromatic amines is 1. The van der Waals surface area contributed by atoms with Crippen molar-refractivity contribution in [1.82, 2.24) is 14.5 Å². The van der Waals surface area contributed by atoms with Crippen molar-refractivity contribution < 1.29 is 5.11 Å². The van der Waals surface area contributed by atoms with Gasteiger partial charge in [-0.3, -0.25) is 0 Å². The predicted molar refractivity (Wildman–Crippen MR) is 61.5 cm³/mol.